The molecular formula is C24H25N3O2. The second-order valence-corrected chi connectivity index (χ2v) is 6.95. The van der Waals surface area contributed by atoms with Gasteiger partial charge in [-0.3, -0.25) is 14.5 Å². The summed E-state index contributed by atoms with van der Waals surface area (Å²) in [6.07, 6.45) is 0. The Hall–Kier alpha value is -3.44. The molecule has 0 aliphatic heterocycles. The minimum Gasteiger partial charge on any atom is -0.326 e. The van der Waals surface area contributed by atoms with Crippen molar-refractivity contribution in [2.45, 2.75) is 13.0 Å². The number of nitrogens with one attached hydrogen (secondary N) is 2. The number of anilines is 2. The van der Waals surface area contributed by atoms with Gasteiger partial charge in [-0.1, -0.05) is 60.7 Å². The van der Waals surface area contributed by atoms with Gasteiger partial charge in [-0.25, -0.2) is 0 Å². The normalized spacial score (nSPS) is 10.8. The van der Waals surface area contributed by atoms with Crippen LogP contribution in [-0.2, 0) is 9.59 Å². The maximum Gasteiger partial charge on any atom is 0.238 e. The van der Waals surface area contributed by atoms with E-state index in [2.05, 4.69) is 34.9 Å². The molecule has 148 valence electrons. The van der Waals surface area contributed by atoms with E-state index >= 15 is 0 Å². The Kier molecular flexibility index (Phi) is 6.76. The standard InChI is InChI=1S/C24H25N3O2/c1-18(28)25-21-13-15-22(16-14-21)26-23(29)17-27(2)24(19-9-5-3-6-10-19)20-11-7-4-8-12-20/h3-16,24H,17H2,1-2H3,(H,25,28)(H,26,29). The lowest BCUT2D eigenvalue weighted by atomic mass is 9.97. The Morgan fingerprint density at radius 1 is 0.759 bits per heavy atom. The first-order chi connectivity index (χ1) is 14.0. The summed E-state index contributed by atoms with van der Waals surface area (Å²) < 4.78 is 0. The molecule has 29 heavy (non-hydrogen) atoms. The Balaban J connectivity index is 1.70. The van der Waals surface area contributed by atoms with Gasteiger partial charge in [0.1, 0.15) is 0 Å². The van der Waals surface area contributed by atoms with Crippen LogP contribution in [0.25, 0.3) is 0 Å². The van der Waals surface area contributed by atoms with Gasteiger partial charge >= 0.3 is 0 Å². The van der Waals surface area contributed by atoms with Gasteiger partial charge in [0.25, 0.3) is 0 Å². The highest BCUT2D eigenvalue weighted by molar-refractivity contribution is 5.93. The first kappa shape index (κ1) is 20.3. The van der Waals surface area contributed by atoms with Crippen LogP contribution in [0.1, 0.15) is 24.1 Å². The van der Waals surface area contributed by atoms with Gasteiger partial charge in [0.15, 0.2) is 0 Å². The van der Waals surface area contributed by atoms with Crippen LogP contribution in [0, 0.1) is 0 Å². The van der Waals surface area contributed by atoms with Crippen molar-refractivity contribution in [3.63, 3.8) is 0 Å². The first-order valence-corrected chi connectivity index (χ1v) is 9.50. The monoisotopic (exact) mass is 387 g/mol. The lowest BCUT2D eigenvalue weighted by Gasteiger charge is -2.28. The summed E-state index contributed by atoms with van der Waals surface area (Å²) in [6.45, 7) is 1.70. The van der Waals surface area contributed by atoms with Crippen molar-refractivity contribution in [2.75, 3.05) is 24.2 Å². The van der Waals surface area contributed by atoms with Crippen LogP contribution in [0.3, 0.4) is 0 Å². The average Bonchev–Trinajstić information content (AvgIpc) is 2.71. The molecule has 5 nitrogen and oxygen atoms in total. The molecule has 0 atom stereocenters. The van der Waals surface area contributed by atoms with E-state index in [1.807, 2.05) is 48.3 Å². The van der Waals surface area contributed by atoms with Crippen LogP contribution in [0.5, 0.6) is 0 Å². The fourth-order valence-corrected chi connectivity index (χ4v) is 3.33. The maximum absolute atomic E-state index is 12.6. The number of hydrogen-bond donors (Lipinski definition) is 2. The van der Waals surface area contributed by atoms with Gasteiger partial charge in [-0.15, -0.1) is 0 Å². The molecular weight excluding hydrogens is 362 g/mol. The first-order valence-electron chi connectivity index (χ1n) is 9.50. The van der Waals surface area contributed by atoms with Crippen molar-refractivity contribution in [3.05, 3.63) is 96.1 Å². The van der Waals surface area contributed by atoms with Crippen molar-refractivity contribution in [1.82, 2.24) is 4.90 Å². The highest BCUT2D eigenvalue weighted by Crippen LogP contribution is 2.27. The van der Waals surface area contributed by atoms with Crippen LogP contribution < -0.4 is 10.6 Å². The molecule has 2 N–H and O–H groups in total. The fourth-order valence-electron chi connectivity index (χ4n) is 3.33. The summed E-state index contributed by atoms with van der Waals surface area (Å²) in [4.78, 5) is 25.8. The summed E-state index contributed by atoms with van der Waals surface area (Å²) >= 11 is 0. The zero-order valence-electron chi connectivity index (χ0n) is 16.6. The molecule has 0 heterocycles. The van der Waals surface area contributed by atoms with E-state index in [1.54, 1.807) is 24.3 Å². The third kappa shape index (κ3) is 5.77. The SMILES string of the molecule is CC(=O)Nc1ccc(NC(=O)CN(C)C(c2ccccc2)c2ccccc2)cc1. The van der Waals surface area contributed by atoms with Crippen LogP contribution in [0.15, 0.2) is 84.9 Å². The van der Waals surface area contributed by atoms with E-state index in [0.29, 0.717) is 11.4 Å². The molecule has 0 saturated heterocycles. The van der Waals surface area contributed by atoms with E-state index in [4.69, 9.17) is 0 Å². The molecule has 3 rings (SSSR count). The lowest BCUT2D eigenvalue weighted by Crippen LogP contribution is -2.33. The number of carbonyl (C=O) groups excluding carboxylic acids is 2. The van der Waals surface area contributed by atoms with Crippen molar-refractivity contribution in [3.8, 4) is 0 Å². The van der Waals surface area contributed by atoms with Crippen LogP contribution in [0.2, 0.25) is 0 Å². The molecule has 3 aromatic rings. The van der Waals surface area contributed by atoms with E-state index in [1.165, 1.54) is 6.92 Å². The largest absolute Gasteiger partial charge is 0.326 e. The highest BCUT2D eigenvalue weighted by Gasteiger charge is 2.21. The Morgan fingerprint density at radius 2 is 1.21 bits per heavy atom. The lowest BCUT2D eigenvalue weighted by molar-refractivity contribution is -0.117. The third-order valence-electron chi connectivity index (χ3n) is 4.55. The number of rotatable bonds is 7. The molecule has 0 aliphatic rings. The highest BCUT2D eigenvalue weighted by atomic mass is 16.2. The van der Waals surface area contributed by atoms with E-state index in [9.17, 15) is 9.59 Å². The number of amides is 2. The molecule has 0 fully saturated rings. The van der Waals surface area contributed by atoms with Crippen LogP contribution >= 0.6 is 0 Å². The van der Waals surface area contributed by atoms with Crippen LogP contribution in [-0.4, -0.2) is 30.3 Å². The van der Waals surface area contributed by atoms with Crippen molar-refractivity contribution in [2.24, 2.45) is 0 Å². The fraction of sp³-hybridized carbons (Fsp3) is 0.167. The summed E-state index contributed by atoms with van der Waals surface area (Å²) in [5.74, 6) is -0.229. The molecule has 0 aliphatic carbocycles. The van der Waals surface area contributed by atoms with E-state index < -0.39 is 0 Å². The number of benzene rings is 3. The molecule has 0 radical (unpaired) electrons. The zero-order valence-corrected chi connectivity index (χ0v) is 16.6. The molecule has 0 aromatic heterocycles. The molecule has 0 spiro atoms. The smallest absolute Gasteiger partial charge is 0.238 e. The third-order valence-corrected chi connectivity index (χ3v) is 4.55. The van der Waals surface area contributed by atoms with Gasteiger partial charge in [-0.2, -0.15) is 0 Å². The second kappa shape index (κ2) is 9.66. The minimum atomic E-state index is -0.128. The molecule has 0 unspecified atom stereocenters. The molecule has 2 amide bonds. The molecule has 0 bridgehead atoms. The topological polar surface area (TPSA) is 61.4 Å². The Labute approximate surface area is 171 Å². The van der Waals surface area contributed by atoms with Gasteiger partial charge in [0, 0.05) is 18.3 Å². The quantitative estimate of drug-likeness (QED) is 0.635. The summed E-state index contributed by atoms with van der Waals surface area (Å²) in [7, 11) is 1.95. The zero-order chi connectivity index (χ0) is 20.6. The predicted molar refractivity (Wildman–Crippen MR) is 117 cm³/mol. The number of likely N-dealkylation sites (N-methyl/N-ethyl adjacent to an activating group) is 1. The number of carbonyl (C=O) groups is 2. The van der Waals surface area contributed by atoms with Gasteiger partial charge in [-0.05, 0) is 42.4 Å². The van der Waals surface area contributed by atoms with Gasteiger partial charge in [0.2, 0.25) is 11.8 Å². The number of nitrogens with zero attached hydrogens (tertiary/aromatic N) is 1. The molecule has 0 saturated carbocycles. The average molecular weight is 387 g/mol. The summed E-state index contributed by atoms with van der Waals surface area (Å²) in [5, 5.41) is 5.63. The maximum atomic E-state index is 12.6. The Morgan fingerprint density at radius 3 is 1.66 bits per heavy atom. The van der Waals surface area contributed by atoms with Gasteiger partial charge < -0.3 is 10.6 Å². The van der Waals surface area contributed by atoms with Crippen molar-refractivity contribution >= 4 is 23.2 Å². The summed E-state index contributed by atoms with van der Waals surface area (Å²) in [5.41, 5.74) is 3.65. The predicted octanol–water partition coefficient (Wildman–Crippen LogP) is 4.30. The van der Waals surface area contributed by atoms with Gasteiger partial charge in [0.05, 0.1) is 12.6 Å². The minimum absolute atomic E-state index is 0.0229. The van der Waals surface area contributed by atoms with E-state index in [-0.39, 0.29) is 24.4 Å². The van der Waals surface area contributed by atoms with Crippen molar-refractivity contribution < 1.29 is 9.59 Å². The van der Waals surface area contributed by atoms with E-state index in [0.717, 1.165) is 11.1 Å². The summed E-state index contributed by atoms with van der Waals surface area (Å²) in [6, 6.07) is 27.4. The second-order valence-electron chi connectivity index (χ2n) is 6.95. The number of hydrogen-bond acceptors (Lipinski definition) is 3. The molecule has 5 heteroatoms. The molecule has 3 aromatic carbocycles. The van der Waals surface area contributed by atoms with Crippen LogP contribution in [0.4, 0.5) is 11.4 Å². The Bertz CT molecular complexity index is 901. The van der Waals surface area contributed by atoms with Crippen molar-refractivity contribution in [1.29, 1.82) is 0 Å².